The van der Waals surface area contributed by atoms with Crippen LogP contribution in [-0.2, 0) is 19.2 Å². The van der Waals surface area contributed by atoms with Crippen molar-refractivity contribution in [3.63, 3.8) is 0 Å². The van der Waals surface area contributed by atoms with Gasteiger partial charge in [-0.2, -0.15) is 0 Å². The molecule has 4 unspecified atom stereocenters. The number of likely N-dealkylation sites (tertiary alicyclic amines) is 2. The Kier molecular flexibility index (Phi) is 2.74. The van der Waals surface area contributed by atoms with Gasteiger partial charge in [-0.25, -0.2) is 0 Å². The molecule has 2 amide bonds. The van der Waals surface area contributed by atoms with Crippen LogP contribution in [-0.4, -0.2) is 59.4 Å². The zero-order chi connectivity index (χ0) is 16.8. The molecule has 6 heteroatoms. The highest BCUT2D eigenvalue weighted by atomic mass is 16.2. The van der Waals surface area contributed by atoms with E-state index >= 15 is 0 Å². The third kappa shape index (κ3) is 1.41. The van der Waals surface area contributed by atoms with E-state index in [1.54, 1.807) is 51.6 Å². The third-order valence-corrected chi connectivity index (χ3v) is 5.91. The number of hydrogen-bond donors (Lipinski definition) is 0. The highest BCUT2D eigenvalue weighted by Crippen LogP contribution is 2.54. The molecule has 0 spiro atoms. The molecule has 0 aromatic heterocycles. The van der Waals surface area contributed by atoms with Gasteiger partial charge in [0.15, 0.2) is 11.6 Å². The average molecular weight is 306 g/mol. The van der Waals surface area contributed by atoms with Crippen molar-refractivity contribution in [1.29, 1.82) is 0 Å². The SMILES string of the molecule is CN1C(=O)C(C)(C)C(=O)C2C3C(=O)C(C)(C)C(=O)N(C)C3C21. The fourth-order valence-electron chi connectivity index (χ4n) is 4.48. The lowest BCUT2D eigenvalue weighted by molar-refractivity contribution is -0.196. The fourth-order valence-corrected chi connectivity index (χ4v) is 4.48. The molecule has 1 saturated carbocycles. The summed E-state index contributed by atoms with van der Waals surface area (Å²) in [5.41, 5.74) is -2.21. The molecule has 120 valence electrons. The van der Waals surface area contributed by atoms with Gasteiger partial charge in [-0.3, -0.25) is 19.2 Å². The molecule has 3 fully saturated rings. The van der Waals surface area contributed by atoms with Crippen molar-refractivity contribution in [3.05, 3.63) is 0 Å². The van der Waals surface area contributed by atoms with Gasteiger partial charge in [0, 0.05) is 14.1 Å². The predicted octanol–water partition coefficient (Wildman–Crippen LogP) is 0.104. The molecule has 4 atom stereocenters. The first-order chi connectivity index (χ1) is 9.95. The minimum Gasteiger partial charge on any atom is -0.339 e. The van der Waals surface area contributed by atoms with Crippen molar-refractivity contribution in [2.45, 2.75) is 39.8 Å². The number of nitrogens with zero attached hydrogens (tertiary/aromatic N) is 2. The molecule has 2 heterocycles. The zero-order valence-electron chi connectivity index (χ0n) is 13.8. The Labute approximate surface area is 129 Å². The molecule has 0 aromatic carbocycles. The van der Waals surface area contributed by atoms with E-state index in [1.165, 1.54) is 0 Å². The topological polar surface area (TPSA) is 74.8 Å². The largest absolute Gasteiger partial charge is 0.339 e. The molecule has 1 aliphatic carbocycles. The Morgan fingerprint density at radius 2 is 0.955 bits per heavy atom. The molecule has 0 bridgehead atoms. The summed E-state index contributed by atoms with van der Waals surface area (Å²) < 4.78 is 0. The van der Waals surface area contributed by atoms with Gasteiger partial charge in [0.2, 0.25) is 11.8 Å². The second-order valence-electron chi connectivity index (χ2n) is 7.84. The summed E-state index contributed by atoms with van der Waals surface area (Å²) >= 11 is 0. The zero-order valence-corrected chi connectivity index (χ0v) is 13.8. The molecule has 0 aromatic rings. The van der Waals surface area contributed by atoms with Gasteiger partial charge in [-0.15, -0.1) is 0 Å². The summed E-state index contributed by atoms with van der Waals surface area (Å²) in [4.78, 5) is 53.5. The summed E-state index contributed by atoms with van der Waals surface area (Å²) in [6, 6.07) is -0.765. The predicted molar refractivity (Wildman–Crippen MR) is 77.7 cm³/mol. The van der Waals surface area contributed by atoms with E-state index in [0.29, 0.717) is 0 Å². The Morgan fingerprint density at radius 3 is 1.23 bits per heavy atom. The van der Waals surface area contributed by atoms with Crippen LogP contribution in [0.25, 0.3) is 0 Å². The van der Waals surface area contributed by atoms with Gasteiger partial charge in [0.25, 0.3) is 0 Å². The average Bonchev–Trinajstić information content (AvgIpc) is 2.41. The monoisotopic (exact) mass is 306 g/mol. The van der Waals surface area contributed by atoms with Gasteiger partial charge < -0.3 is 9.80 Å². The van der Waals surface area contributed by atoms with E-state index in [4.69, 9.17) is 0 Å². The Balaban J connectivity index is 2.08. The Hall–Kier alpha value is -1.72. The van der Waals surface area contributed by atoms with Gasteiger partial charge in [-0.1, -0.05) is 0 Å². The van der Waals surface area contributed by atoms with Crippen molar-refractivity contribution in [3.8, 4) is 0 Å². The second-order valence-corrected chi connectivity index (χ2v) is 7.84. The van der Waals surface area contributed by atoms with Crippen LogP contribution in [0.15, 0.2) is 0 Å². The fraction of sp³-hybridized carbons (Fsp3) is 0.750. The lowest BCUT2D eigenvalue weighted by Crippen LogP contribution is -2.81. The number of hydrogen-bond acceptors (Lipinski definition) is 4. The lowest BCUT2D eigenvalue weighted by atomic mass is 9.50. The molecule has 2 saturated heterocycles. The van der Waals surface area contributed by atoms with Crippen LogP contribution in [0.2, 0.25) is 0 Å². The minimum absolute atomic E-state index is 0.172. The van der Waals surface area contributed by atoms with E-state index in [9.17, 15) is 19.2 Å². The maximum atomic E-state index is 12.8. The first-order valence-electron chi connectivity index (χ1n) is 7.59. The van der Waals surface area contributed by atoms with Crippen LogP contribution in [0.5, 0.6) is 0 Å². The van der Waals surface area contributed by atoms with Crippen LogP contribution in [0.1, 0.15) is 27.7 Å². The van der Waals surface area contributed by atoms with E-state index in [2.05, 4.69) is 0 Å². The van der Waals surface area contributed by atoms with Crippen molar-refractivity contribution in [2.24, 2.45) is 22.7 Å². The summed E-state index contributed by atoms with van der Waals surface area (Å²) in [6.45, 7) is 6.46. The number of fused-ring (bicyclic) bond motifs is 4. The molecule has 3 rings (SSSR count). The van der Waals surface area contributed by atoms with Crippen molar-refractivity contribution < 1.29 is 19.2 Å². The number of rotatable bonds is 0. The Morgan fingerprint density at radius 1 is 0.682 bits per heavy atom. The molecule has 3 aliphatic rings. The van der Waals surface area contributed by atoms with E-state index < -0.39 is 22.7 Å². The van der Waals surface area contributed by atoms with Crippen molar-refractivity contribution >= 4 is 23.4 Å². The molecule has 2 aliphatic heterocycles. The number of piperidine rings is 2. The minimum atomic E-state index is -1.11. The van der Waals surface area contributed by atoms with Gasteiger partial charge >= 0.3 is 0 Å². The molecule has 22 heavy (non-hydrogen) atoms. The number of carbonyl (C=O) groups is 4. The first kappa shape index (κ1) is 15.2. The molecular weight excluding hydrogens is 284 g/mol. The normalized spacial score (nSPS) is 39.4. The molecule has 6 nitrogen and oxygen atoms in total. The molecule has 0 N–H and O–H groups in total. The summed E-state index contributed by atoms with van der Waals surface area (Å²) in [5.74, 6) is -1.82. The standard InChI is InChI=1S/C16H22N2O4/c1-15(2)11(19)7-8-10(9(7)17(5)13(15)21)18(6)14(22)16(3,4)12(8)20/h7-10H,1-6H3. The van der Waals surface area contributed by atoms with E-state index in [-0.39, 0.29) is 35.5 Å². The van der Waals surface area contributed by atoms with Crippen LogP contribution >= 0.6 is 0 Å². The molecule has 0 radical (unpaired) electrons. The van der Waals surface area contributed by atoms with Crippen LogP contribution in [0.3, 0.4) is 0 Å². The Bertz CT molecular complexity index is 568. The highest BCUT2D eigenvalue weighted by molar-refractivity contribution is 6.16. The maximum absolute atomic E-state index is 12.8. The van der Waals surface area contributed by atoms with Gasteiger partial charge in [-0.05, 0) is 27.7 Å². The van der Waals surface area contributed by atoms with Gasteiger partial charge in [0.05, 0.1) is 23.9 Å². The van der Waals surface area contributed by atoms with Crippen LogP contribution < -0.4 is 0 Å². The number of likely N-dealkylation sites (N-methyl/N-ethyl adjacent to an activating group) is 2. The number of carbonyl (C=O) groups excluding carboxylic acids is 4. The maximum Gasteiger partial charge on any atom is 0.235 e. The van der Waals surface area contributed by atoms with Crippen LogP contribution in [0.4, 0.5) is 0 Å². The molecular formula is C16H22N2O4. The summed E-state index contributed by atoms with van der Waals surface area (Å²) in [5, 5.41) is 0. The number of ketones is 2. The van der Waals surface area contributed by atoms with Gasteiger partial charge in [0.1, 0.15) is 10.8 Å². The van der Waals surface area contributed by atoms with E-state index in [0.717, 1.165) is 0 Å². The van der Waals surface area contributed by atoms with Crippen LogP contribution in [0, 0.1) is 22.7 Å². The third-order valence-electron chi connectivity index (χ3n) is 5.91. The summed E-state index contributed by atoms with van der Waals surface area (Å²) in [7, 11) is 3.32. The lowest BCUT2D eigenvalue weighted by Gasteiger charge is -2.64. The van der Waals surface area contributed by atoms with Crippen molar-refractivity contribution in [1.82, 2.24) is 9.80 Å². The highest BCUT2D eigenvalue weighted by Gasteiger charge is 2.71. The smallest absolute Gasteiger partial charge is 0.235 e. The second kappa shape index (κ2) is 3.97. The van der Waals surface area contributed by atoms with Crippen molar-refractivity contribution in [2.75, 3.05) is 14.1 Å². The van der Waals surface area contributed by atoms with E-state index in [1.807, 2.05) is 0 Å². The number of Topliss-reactive ketones (excluding diaryl/α,β-unsaturated/α-hetero) is 2. The number of amides is 2. The summed E-state index contributed by atoms with van der Waals surface area (Å²) in [6.07, 6.45) is 0. The quantitative estimate of drug-likeness (QED) is 0.595. The first-order valence-corrected chi connectivity index (χ1v) is 7.59.